The van der Waals surface area contributed by atoms with Crippen LogP contribution < -0.4 is 10.0 Å². The maximum Gasteiger partial charge on any atom is 0.252 e. The standard InChI is InChI=1S/C15H14N2O3S2/c1-2-9-16-15(18)12-5-7-14(8-6-12)22(19,20)17-11-13-4-3-10-21-13/h1,3-8,10,17H,9,11H2,(H,16,18). The third-order valence-corrected chi connectivity index (χ3v) is 5.09. The zero-order valence-electron chi connectivity index (χ0n) is 11.6. The highest BCUT2D eigenvalue weighted by Crippen LogP contribution is 2.13. The smallest absolute Gasteiger partial charge is 0.252 e. The first-order valence-electron chi connectivity index (χ1n) is 6.37. The second-order valence-corrected chi connectivity index (χ2v) is 7.11. The number of benzene rings is 1. The molecule has 0 saturated heterocycles. The van der Waals surface area contributed by atoms with E-state index in [9.17, 15) is 13.2 Å². The van der Waals surface area contributed by atoms with Gasteiger partial charge in [0.15, 0.2) is 0 Å². The largest absolute Gasteiger partial charge is 0.341 e. The molecule has 114 valence electrons. The number of carbonyl (C=O) groups excluding carboxylic acids is 1. The molecule has 0 unspecified atom stereocenters. The molecule has 0 atom stereocenters. The van der Waals surface area contributed by atoms with Crippen molar-refractivity contribution in [1.29, 1.82) is 0 Å². The van der Waals surface area contributed by atoms with Gasteiger partial charge in [-0.05, 0) is 35.7 Å². The van der Waals surface area contributed by atoms with Gasteiger partial charge < -0.3 is 5.32 Å². The van der Waals surface area contributed by atoms with Crippen molar-refractivity contribution in [2.24, 2.45) is 0 Å². The molecule has 1 amide bonds. The molecule has 7 heteroatoms. The predicted octanol–water partition coefficient (Wildman–Crippen LogP) is 1.59. The lowest BCUT2D eigenvalue weighted by molar-refractivity contribution is 0.0958. The second kappa shape index (κ2) is 7.22. The molecule has 5 nitrogen and oxygen atoms in total. The molecular formula is C15H14N2O3S2. The Morgan fingerprint density at radius 3 is 2.55 bits per heavy atom. The van der Waals surface area contributed by atoms with Gasteiger partial charge in [0.1, 0.15) is 0 Å². The Kier molecular flexibility index (Phi) is 5.33. The van der Waals surface area contributed by atoms with E-state index in [1.54, 1.807) is 0 Å². The van der Waals surface area contributed by atoms with Crippen LogP contribution in [-0.4, -0.2) is 20.9 Å². The molecule has 22 heavy (non-hydrogen) atoms. The summed E-state index contributed by atoms with van der Waals surface area (Å²) in [6.45, 7) is 0.367. The maximum atomic E-state index is 12.1. The van der Waals surface area contributed by atoms with Crippen LogP contribution in [0.3, 0.4) is 0 Å². The Morgan fingerprint density at radius 1 is 1.23 bits per heavy atom. The molecule has 0 saturated carbocycles. The van der Waals surface area contributed by atoms with Crippen molar-refractivity contribution in [2.45, 2.75) is 11.4 Å². The fourth-order valence-electron chi connectivity index (χ4n) is 1.68. The summed E-state index contributed by atoms with van der Waals surface area (Å²) in [6, 6.07) is 9.39. The summed E-state index contributed by atoms with van der Waals surface area (Å²) >= 11 is 1.48. The molecule has 1 aromatic heterocycles. The van der Waals surface area contributed by atoms with Gasteiger partial charge in [-0.25, -0.2) is 13.1 Å². The first-order valence-corrected chi connectivity index (χ1v) is 8.73. The summed E-state index contributed by atoms with van der Waals surface area (Å²) in [7, 11) is -3.60. The average Bonchev–Trinajstić information content (AvgIpc) is 3.04. The molecule has 2 rings (SSSR count). The minimum Gasteiger partial charge on any atom is -0.341 e. The van der Waals surface area contributed by atoms with E-state index in [0.717, 1.165) is 4.88 Å². The van der Waals surface area contributed by atoms with Gasteiger partial charge >= 0.3 is 0 Å². The topological polar surface area (TPSA) is 75.3 Å². The fourth-order valence-corrected chi connectivity index (χ4v) is 3.42. The van der Waals surface area contributed by atoms with Crippen LogP contribution in [0.2, 0.25) is 0 Å². The number of hydrogen-bond donors (Lipinski definition) is 2. The van der Waals surface area contributed by atoms with Crippen LogP contribution in [0.5, 0.6) is 0 Å². The monoisotopic (exact) mass is 334 g/mol. The molecule has 1 heterocycles. The summed E-state index contributed by atoms with van der Waals surface area (Å²) in [5.74, 6) is 1.96. The lowest BCUT2D eigenvalue weighted by atomic mass is 10.2. The van der Waals surface area contributed by atoms with E-state index in [1.165, 1.54) is 35.6 Å². The highest BCUT2D eigenvalue weighted by atomic mass is 32.2. The molecule has 0 bridgehead atoms. The van der Waals surface area contributed by atoms with E-state index in [1.807, 2.05) is 17.5 Å². The van der Waals surface area contributed by atoms with E-state index < -0.39 is 10.0 Å². The minimum atomic E-state index is -3.60. The summed E-state index contributed by atoms with van der Waals surface area (Å²) in [5.41, 5.74) is 0.354. The third-order valence-electron chi connectivity index (χ3n) is 2.79. The molecule has 0 fully saturated rings. The first-order chi connectivity index (χ1) is 10.5. The first kappa shape index (κ1) is 16.2. The Labute approximate surface area is 133 Å². The summed E-state index contributed by atoms with van der Waals surface area (Å²) in [6.07, 6.45) is 5.06. The Balaban J connectivity index is 2.05. The molecular weight excluding hydrogens is 320 g/mol. The lowest BCUT2D eigenvalue weighted by Gasteiger charge is -2.07. The Morgan fingerprint density at radius 2 is 1.95 bits per heavy atom. The van der Waals surface area contributed by atoms with Crippen molar-refractivity contribution in [3.05, 3.63) is 52.2 Å². The van der Waals surface area contributed by atoms with E-state index in [4.69, 9.17) is 6.42 Å². The molecule has 2 aromatic rings. The molecule has 0 aliphatic heterocycles. The van der Waals surface area contributed by atoms with Gasteiger partial charge in [0.25, 0.3) is 5.91 Å². The second-order valence-electron chi connectivity index (χ2n) is 4.32. The highest BCUT2D eigenvalue weighted by molar-refractivity contribution is 7.89. The maximum absolute atomic E-state index is 12.1. The van der Waals surface area contributed by atoms with E-state index in [-0.39, 0.29) is 23.9 Å². The van der Waals surface area contributed by atoms with Gasteiger partial charge in [-0.15, -0.1) is 17.8 Å². The van der Waals surface area contributed by atoms with Crippen molar-refractivity contribution in [3.8, 4) is 12.3 Å². The minimum absolute atomic E-state index is 0.109. The number of hydrogen-bond acceptors (Lipinski definition) is 4. The van der Waals surface area contributed by atoms with Crippen molar-refractivity contribution >= 4 is 27.3 Å². The lowest BCUT2D eigenvalue weighted by Crippen LogP contribution is -2.24. The number of rotatable bonds is 6. The molecule has 0 aliphatic carbocycles. The van der Waals surface area contributed by atoms with Crippen LogP contribution in [0.4, 0.5) is 0 Å². The van der Waals surface area contributed by atoms with Gasteiger partial charge in [-0.3, -0.25) is 4.79 Å². The van der Waals surface area contributed by atoms with E-state index in [0.29, 0.717) is 5.56 Å². The van der Waals surface area contributed by atoms with Crippen LogP contribution >= 0.6 is 11.3 Å². The van der Waals surface area contributed by atoms with Crippen LogP contribution in [0.1, 0.15) is 15.2 Å². The van der Waals surface area contributed by atoms with Crippen LogP contribution in [0.15, 0.2) is 46.7 Å². The molecule has 0 radical (unpaired) electrons. The fraction of sp³-hybridized carbons (Fsp3) is 0.133. The third kappa shape index (κ3) is 4.18. The summed E-state index contributed by atoms with van der Waals surface area (Å²) in [4.78, 5) is 12.7. The van der Waals surface area contributed by atoms with Gasteiger partial charge in [-0.1, -0.05) is 12.0 Å². The van der Waals surface area contributed by atoms with E-state index in [2.05, 4.69) is 16.0 Å². The Hall–Kier alpha value is -2.14. The zero-order valence-corrected chi connectivity index (χ0v) is 13.2. The number of amides is 1. The summed E-state index contributed by atoms with van der Waals surface area (Å²) < 4.78 is 26.8. The normalized spacial score (nSPS) is 10.9. The zero-order chi connectivity index (χ0) is 16.0. The average molecular weight is 334 g/mol. The van der Waals surface area contributed by atoms with Gasteiger partial charge in [0, 0.05) is 17.0 Å². The van der Waals surface area contributed by atoms with E-state index >= 15 is 0 Å². The summed E-state index contributed by atoms with van der Waals surface area (Å²) in [5, 5.41) is 4.39. The highest BCUT2D eigenvalue weighted by Gasteiger charge is 2.14. The molecule has 1 aromatic carbocycles. The van der Waals surface area contributed by atoms with Crippen LogP contribution in [0.25, 0.3) is 0 Å². The van der Waals surface area contributed by atoms with Gasteiger partial charge in [-0.2, -0.15) is 0 Å². The number of nitrogens with one attached hydrogen (secondary N) is 2. The predicted molar refractivity (Wildman–Crippen MR) is 86.0 cm³/mol. The molecule has 0 spiro atoms. The molecule has 2 N–H and O–H groups in total. The number of thiophene rings is 1. The van der Waals surface area contributed by atoms with Crippen LogP contribution in [-0.2, 0) is 16.6 Å². The van der Waals surface area contributed by atoms with Crippen LogP contribution in [0, 0.1) is 12.3 Å². The van der Waals surface area contributed by atoms with Crippen molar-refractivity contribution in [2.75, 3.05) is 6.54 Å². The number of carbonyl (C=O) groups is 1. The number of terminal acetylenes is 1. The van der Waals surface area contributed by atoms with Crippen molar-refractivity contribution in [3.63, 3.8) is 0 Å². The number of sulfonamides is 1. The van der Waals surface area contributed by atoms with Gasteiger partial charge in [0.2, 0.25) is 10.0 Å². The van der Waals surface area contributed by atoms with Gasteiger partial charge in [0.05, 0.1) is 11.4 Å². The quantitative estimate of drug-likeness (QED) is 0.788. The van der Waals surface area contributed by atoms with Crippen molar-refractivity contribution in [1.82, 2.24) is 10.0 Å². The Bertz CT molecular complexity index is 773. The molecule has 0 aliphatic rings. The van der Waals surface area contributed by atoms with Crippen molar-refractivity contribution < 1.29 is 13.2 Å². The SMILES string of the molecule is C#CCNC(=O)c1ccc(S(=O)(=O)NCc2cccs2)cc1.